The zero-order valence-electron chi connectivity index (χ0n) is 22.1. The van der Waals surface area contributed by atoms with E-state index >= 15 is 0 Å². The van der Waals surface area contributed by atoms with E-state index in [4.69, 9.17) is 14.7 Å². The van der Waals surface area contributed by atoms with Crippen molar-refractivity contribution in [1.82, 2.24) is 20.2 Å². The Morgan fingerprint density at radius 1 is 0.923 bits per heavy atom. The number of benzene rings is 3. The van der Waals surface area contributed by atoms with Gasteiger partial charge in [0, 0.05) is 39.3 Å². The average Bonchev–Trinajstić information content (AvgIpc) is 2.98. The topological polar surface area (TPSA) is 94.4 Å². The van der Waals surface area contributed by atoms with Gasteiger partial charge in [-0.15, -0.1) is 0 Å². The van der Waals surface area contributed by atoms with Gasteiger partial charge in [-0.25, -0.2) is 9.97 Å². The Labute approximate surface area is 228 Å². The minimum Gasteiger partial charge on any atom is -0.497 e. The second-order valence-electron chi connectivity index (χ2n) is 9.62. The summed E-state index contributed by atoms with van der Waals surface area (Å²) < 4.78 is 5.21. The number of nitrogens with zero attached hydrogens (tertiary/aromatic N) is 5. The fourth-order valence-electron chi connectivity index (χ4n) is 4.86. The summed E-state index contributed by atoms with van der Waals surface area (Å²) in [6.07, 6.45) is 0.646. The maximum atomic E-state index is 13.2. The van der Waals surface area contributed by atoms with Crippen LogP contribution in [0, 0.1) is 11.3 Å². The Hall–Kier alpha value is -4.48. The highest BCUT2D eigenvalue weighted by Crippen LogP contribution is 2.28. The minimum absolute atomic E-state index is 0.362. The van der Waals surface area contributed by atoms with Crippen LogP contribution in [0.15, 0.2) is 78.9 Å². The van der Waals surface area contributed by atoms with Gasteiger partial charge in [0.15, 0.2) is 11.7 Å². The summed E-state index contributed by atoms with van der Waals surface area (Å²) in [6, 6.07) is 28.0. The molecule has 8 nitrogen and oxygen atoms in total. The van der Waals surface area contributed by atoms with Crippen molar-refractivity contribution in [1.29, 1.82) is 5.26 Å². The van der Waals surface area contributed by atoms with Crippen molar-refractivity contribution in [3.05, 3.63) is 95.7 Å². The van der Waals surface area contributed by atoms with Crippen molar-refractivity contribution in [2.75, 3.05) is 44.7 Å². The third kappa shape index (κ3) is 6.33. The lowest BCUT2D eigenvalue weighted by Crippen LogP contribution is -2.47. The highest BCUT2D eigenvalue weighted by atomic mass is 16.5. The molecule has 0 bridgehead atoms. The van der Waals surface area contributed by atoms with Crippen LogP contribution in [0.5, 0.6) is 5.75 Å². The van der Waals surface area contributed by atoms with Gasteiger partial charge in [0.25, 0.3) is 0 Å². The second kappa shape index (κ2) is 12.4. The van der Waals surface area contributed by atoms with Crippen LogP contribution in [0.2, 0.25) is 0 Å². The van der Waals surface area contributed by atoms with Crippen molar-refractivity contribution >= 4 is 22.8 Å². The van der Waals surface area contributed by atoms with Crippen LogP contribution in [-0.4, -0.2) is 60.6 Å². The quantitative estimate of drug-likeness (QED) is 0.357. The highest BCUT2D eigenvalue weighted by Gasteiger charge is 2.30. The van der Waals surface area contributed by atoms with Crippen LogP contribution in [0.4, 0.5) is 5.82 Å². The number of nitriles is 1. The highest BCUT2D eigenvalue weighted by molar-refractivity contribution is 5.88. The molecule has 2 heterocycles. The Kier molecular flexibility index (Phi) is 8.29. The molecule has 0 unspecified atom stereocenters. The van der Waals surface area contributed by atoms with Crippen molar-refractivity contribution in [3.63, 3.8) is 0 Å². The molecule has 1 fully saturated rings. The Bertz CT molecular complexity index is 1440. The van der Waals surface area contributed by atoms with Crippen molar-refractivity contribution < 1.29 is 9.53 Å². The van der Waals surface area contributed by atoms with Crippen LogP contribution < -0.4 is 15.0 Å². The minimum atomic E-state index is -1.06. The van der Waals surface area contributed by atoms with Gasteiger partial charge < -0.3 is 15.0 Å². The van der Waals surface area contributed by atoms with Crippen LogP contribution in [0.1, 0.15) is 22.7 Å². The number of hydrogen-bond acceptors (Lipinski definition) is 7. The van der Waals surface area contributed by atoms with Gasteiger partial charge in [0.05, 0.1) is 24.2 Å². The molecule has 0 spiro atoms. The molecule has 1 saturated heterocycles. The second-order valence-corrected chi connectivity index (χ2v) is 9.62. The molecule has 0 radical (unpaired) electrons. The summed E-state index contributed by atoms with van der Waals surface area (Å²) in [6.45, 7) is 4.50. The number of piperazine rings is 1. The first-order valence-corrected chi connectivity index (χ1v) is 13.2. The lowest BCUT2D eigenvalue weighted by molar-refractivity contribution is -0.121. The number of aromatic nitrogens is 2. The van der Waals surface area contributed by atoms with E-state index < -0.39 is 5.92 Å². The third-order valence-electron chi connectivity index (χ3n) is 7.04. The molecule has 0 aliphatic carbocycles. The summed E-state index contributed by atoms with van der Waals surface area (Å²) in [7, 11) is 1.63. The van der Waals surface area contributed by atoms with Crippen LogP contribution in [-0.2, 0) is 17.8 Å². The van der Waals surface area contributed by atoms with E-state index in [1.807, 2.05) is 54.6 Å². The van der Waals surface area contributed by atoms with E-state index in [1.165, 1.54) is 5.56 Å². The smallest absolute Gasteiger partial charge is 0.243 e. The molecule has 1 N–H and O–H groups in total. The number of fused-ring (bicyclic) bond motifs is 1. The van der Waals surface area contributed by atoms with Gasteiger partial charge >= 0.3 is 0 Å². The van der Waals surface area contributed by atoms with Crippen LogP contribution in [0.3, 0.4) is 0 Å². The normalized spacial score (nSPS) is 14.5. The summed E-state index contributed by atoms with van der Waals surface area (Å²) in [5, 5.41) is 13.0. The van der Waals surface area contributed by atoms with Gasteiger partial charge in [0.1, 0.15) is 11.4 Å². The van der Waals surface area contributed by atoms with E-state index in [1.54, 1.807) is 7.11 Å². The molecule has 8 heteroatoms. The number of nitrogens with one attached hydrogen (secondary N) is 1. The monoisotopic (exact) mass is 520 g/mol. The number of rotatable bonds is 9. The van der Waals surface area contributed by atoms with Crippen molar-refractivity contribution in [3.8, 4) is 11.8 Å². The third-order valence-corrected chi connectivity index (χ3v) is 7.04. The molecule has 3 aromatic carbocycles. The van der Waals surface area contributed by atoms with Gasteiger partial charge in [0.2, 0.25) is 5.91 Å². The number of carbonyl (C=O) groups is 1. The maximum Gasteiger partial charge on any atom is 0.243 e. The van der Waals surface area contributed by atoms with Gasteiger partial charge in [-0.3, -0.25) is 9.69 Å². The number of methoxy groups -OCH3 is 1. The molecule has 1 aliphatic heterocycles. The van der Waals surface area contributed by atoms with E-state index in [-0.39, 0.29) is 5.91 Å². The molecule has 4 aromatic rings. The number of anilines is 1. The van der Waals surface area contributed by atoms with Gasteiger partial charge in [-0.1, -0.05) is 54.6 Å². The van der Waals surface area contributed by atoms with Crippen molar-refractivity contribution in [2.24, 2.45) is 0 Å². The zero-order chi connectivity index (χ0) is 27.0. The zero-order valence-corrected chi connectivity index (χ0v) is 22.1. The number of para-hydroxylation sites is 2. The number of amides is 1. The maximum absolute atomic E-state index is 13.2. The molecule has 0 saturated carbocycles. The van der Waals surface area contributed by atoms with Crippen LogP contribution >= 0.6 is 0 Å². The summed E-state index contributed by atoms with van der Waals surface area (Å²) in [5.74, 6) is -0.0181. The first-order valence-electron chi connectivity index (χ1n) is 13.2. The standard InChI is InChI=1S/C31H32N6O2/c1-39-25-13-11-23(12-14-25)15-16-33-31(38)26(21-32)29-30(35-28-10-6-5-9-27(28)34-29)37-19-17-36(18-20-37)22-24-7-3-2-4-8-24/h2-14,26H,15-20,22H2,1H3,(H,33,38)/t26-/m1/s1. The molecule has 1 amide bonds. The van der Waals surface area contributed by atoms with Crippen LogP contribution in [0.25, 0.3) is 11.0 Å². The summed E-state index contributed by atoms with van der Waals surface area (Å²) in [4.78, 5) is 27.5. The molecule has 39 heavy (non-hydrogen) atoms. The Morgan fingerprint density at radius 2 is 1.59 bits per heavy atom. The van der Waals surface area contributed by atoms with E-state index in [2.05, 4.69) is 45.5 Å². The number of hydrogen-bond donors (Lipinski definition) is 1. The predicted octanol–water partition coefficient (Wildman–Crippen LogP) is 3.93. The summed E-state index contributed by atoms with van der Waals surface area (Å²) >= 11 is 0. The Morgan fingerprint density at radius 3 is 2.26 bits per heavy atom. The van der Waals surface area contributed by atoms with E-state index in [0.29, 0.717) is 30.0 Å². The lowest BCUT2D eigenvalue weighted by atomic mass is 10.0. The number of carbonyl (C=O) groups excluding carboxylic acids is 1. The molecule has 198 valence electrons. The Balaban J connectivity index is 1.31. The molecule has 1 atom stereocenters. The first-order chi connectivity index (χ1) is 19.1. The van der Waals surface area contributed by atoms with Crippen molar-refractivity contribution in [2.45, 2.75) is 18.9 Å². The number of ether oxygens (including phenoxy) is 1. The molecule has 1 aromatic heterocycles. The SMILES string of the molecule is COc1ccc(CCNC(=O)[C@H](C#N)c2nc3ccccc3nc2N2CCN(Cc3ccccc3)CC2)cc1. The molecular formula is C31H32N6O2. The molecular weight excluding hydrogens is 488 g/mol. The lowest BCUT2D eigenvalue weighted by Gasteiger charge is -2.36. The average molecular weight is 521 g/mol. The van der Waals surface area contributed by atoms with Gasteiger partial charge in [-0.2, -0.15) is 5.26 Å². The molecule has 5 rings (SSSR count). The fourth-order valence-corrected chi connectivity index (χ4v) is 4.86. The van der Waals surface area contributed by atoms with E-state index in [0.717, 1.165) is 49.6 Å². The predicted molar refractivity (Wildman–Crippen MR) is 152 cm³/mol. The largest absolute Gasteiger partial charge is 0.497 e. The first kappa shape index (κ1) is 26.1. The van der Waals surface area contributed by atoms with Gasteiger partial charge in [-0.05, 0) is 41.8 Å². The fraction of sp³-hybridized carbons (Fsp3) is 0.290. The van der Waals surface area contributed by atoms with E-state index in [9.17, 15) is 10.1 Å². The summed E-state index contributed by atoms with van der Waals surface area (Å²) in [5.41, 5.74) is 4.19. The molecule has 1 aliphatic rings.